The van der Waals surface area contributed by atoms with Gasteiger partial charge in [-0.3, -0.25) is 0 Å². The predicted molar refractivity (Wildman–Crippen MR) is 77.5 cm³/mol. The summed E-state index contributed by atoms with van der Waals surface area (Å²) in [5.74, 6) is 0.730. The molecule has 1 unspecified atom stereocenters. The van der Waals surface area contributed by atoms with E-state index in [1.54, 1.807) is 13.0 Å². The van der Waals surface area contributed by atoms with Gasteiger partial charge >= 0.3 is 0 Å². The second kappa shape index (κ2) is 6.49. The minimum absolute atomic E-state index is 0.0704. The highest BCUT2D eigenvalue weighted by Gasteiger charge is 2.19. The third kappa shape index (κ3) is 4.02. The highest BCUT2D eigenvalue weighted by atomic mass is 19.1. The second-order valence-corrected chi connectivity index (χ2v) is 5.96. The molecule has 2 rings (SSSR count). The average Bonchev–Trinajstić information content (AvgIpc) is 2.34. The van der Waals surface area contributed by atoms with E-state index in [1.165, 1.54) is 25.8 Å². The Bertz CT molecular complexity index is 415. The van der Waals surface area contributed by atoms with Crippen molar-refractivity contribution in [2.75, 3.05) is 20.1 Å². The summed E-state index contributed by atoms with van der Waals surface area (Å²) < 4.78 is 13.5. The van der Waals surface area contributed by atoms with Crippen LogP contribution in [0.5, 0.6) is 0 Å². The summed E-state index contributed by atoms with van der Waals surface area (Å²) in [5, 5.41) is 0. The molecule has 0 saturated heterocycles. The van der Waals surface area contributed by atoms with Crippen LogP contribution in [0.25, 0.3) is 0 Å². The smallest absolute Gasteiger partial charge is 0.126 e. The van der Waals surface area contributed by atoms with Crippen molar-refractivity contribution >= 4 is 0 Å². The fraction of sp³-hybridized carbons (Fsp3) is 0.625. The molecule has 0 radical (unpaired) electrons. The highest BCUT2D eigenvalue weighted by molar-refractivity contribution is 5.25. The average molecular weight is 264 g/mol. The molecule has 1 atom stereocenters. The van der Waals surface area contributed by atoms with E-state index in [9.17, 15) is 4.39 Å². The van der Waals surface area contributed by atoms with Gasteiger partial charge in [0.2, 0.25) is 0 Å². The molecule has 1 aliphatic rings. The Hall–Kier alpha value is -0.930. The Morgan fingerprint density at radius 2 is 2.16 bits per heavy atom. The molecular formula is C16H25FN2. The lowest BCUT2D eigenvalue weighted by Crippen LogP contribution is -2.31. The van der Waals surface area contributed by atoms with Crippen molar-refractivity contribution in [2.24, 2.45) is 11.7 Å². The molecule has 19 heavy (non-hydrogen) atoms. The molecule has 2 N–H and O–H groups in total. The number of halogens is 1. The molecule has 106 valence electrons. The zero-order chi connectivity index (χ0) is 13.8. The number of benzene rings is 1. The third-order valence-corrected chi connectivity index (χ3v) is 4.24. The first kappa shape index (κ1) is 14.5. The van der Waals surface area contributed by atoms with Crippen LogP contribution in [0, 0.1) is 18.7 Å². The first-order valence-electron chi connectivity index (χ1n) is 7.26. The van der Waals surface area contributed by atoms with E-state index >= 15 is 0 Å². The molecule has 0 heterocycles. The summed E-state index contributed by atoms with van der Waals surface area (Å²) in [4.78, 5) is 2.36. The minimum atomic E-state index is -0.157. The number of hydrogen-bond acceptors (Lipinski definition) is 2. The van der Waals surface area contributed by atoms with E-state index in [-0.39, 0.29) is 11.9 Å². The lowest BCUT2D eigenvalue weighted by molar-refractivity contribution is 0.201. The first-order valence-corrected chi connectivity index (χ1v) is 7.26. The molecule has 0 aliphatic heterocycles. The van der Waals surface area contributed by atoms with Crippen molar-refractivity contribution < 1.29 is 4.39 Å². The van der Waals surface area contributed by atoms with Gasteiger partial charge in [-0.1, -0.05) is 18.6 Å². The topological polar surface area (TPSA) is 29.3 Å². The summed E-state index contributed by atoms with van der Waals surface area (Å²) in [5.41, 5.74) is 7.73. The number of nitrogens with two attached hydrogens (primary N) is 1. The van der Waals surface area contributed by atoms with Crippen LogP contribution in [-0.2, 0) is 0 Å². The van der Waals surface area contributed by atoms with Gasteiger partial charge in [0, 0.05) is 12.6 Å². The second-order valence-electron chi connectivity index (χ2n) is 5.96. The van der Waals surface area contributed by atoms with Crippen LogP contribution in [0.1, 0.15) is 42.9 Å². The van der Waals surface area contributed by atoms with E-state index in [2.05, 4.69) is 11.9 Å². The van der Waals surface area contributed by atoms with Gasteiger partial charge in [-0.2, -0.15) is 0 Å². The molecule has 0 amide bonds. The molecule has 0 spiro atoms. The lowest BCUT2D eigenvalue weighted by atomic mass is 9.85. The van der Waals surface area contributed by atoms with Crippen LogP contribution in [0.4, 0.5) is 4.39 Å². The van der Waals surface area contributed by atoms with Crippen LogP contribution in [0.15, 0.2) is 18.2 Å². The van der Waals surface area contributed by atoms with Crippen molar-refractivity contribution in [2.45, 2.75) is 38.6 Å². The Kier molecular flexibility index (Phi) is 4.94. The maximum absolute atomic E-state index is 13.5. The zero-order valence-electron chi connectivity index (χ0n) is 12.0. The maximum atomic E-state index is 13.5. The Balaban J connectivity index is 1.79. The standard InChI is InChI=1S/C16H25FN2/c1-12-6-7-14(10-15(12)17)16(18)8-9-19(2)11-13-4-3-5-13/h6-7,10,13,16H,3-5,8-9,11,18H2,1-2H3. The summed E-state index contributed by atoms with van der Waals surface area (Å²) >= 11 is 0. The molecule has 1 saturated carbocycles. The third-order valence-electron chi connectivity index (χ3n) is 4.24. The Morgan fingerprint density at radius 3 is 2.74 bits per heavy atom. The van der Waals surface area contributed by atoms with E-state index in [1.807, 2.05) is 12.1 Å². The molecule has 1 aliphatic carbocycles. The Morgan fingerprint density at radius 1 is 1.42 bits per heavy atom. The van der Waals surface area contributed by atoms with Gasteiger partial charge in [-0.25, -0.2) is 4.39 Å². The predicted octanol–water partition coefficient (Wildman–Crippen LogP) is 3.26. The molecule has 0 bridgehead atoms. The van der Waals surface area contributed by atoms with Gasteiger partial charge in [0.1, 0.15) is 5.82 Å². The molecule has 1 fully saturated rings. The van der Waals surface area contributed by atoms with Crippen LogP contribution >= 0.6 is 0 Å². The SMILES string of the molecule is Cc1ccc(C(N)CCN(C)CC2CCC2)cc1F. The molecule has 1 aromatic carbocycles. The normalized spacial score (nSPS) is 17.5. The van der Waals surface area contributed by atoms with Crippen LogP contribution in [-0.4, -0.2) is 25.0 Å². The summed E-state index contributed by atoms with van der Waals surface area (Å²) in [7, 11) is 2.15. The largest absolute Gasteiger partial charge is 0.324 e. The summed E-state index contributed by atoms with van der Waals surface area (Å²) in [6.45, 7) is 3.93. The quantitative estimate of drug-likeness (QED) is 0.854. The van der Waals surface area contributed by atoms with E-state index < -0.39 is 0 Å². The van der Waals surface area contributed by atoms with Crippen LogP contribution < -0.4 is 5.73 Å². The fourth-order valence-corrected chi connectivity index (χ4v) is 2.57. The summed E-state index contributed by atoms with van der Waals surface area (Å²) in [6, 6.07) is 5.25. The van der Waals surface area contributed by atoms with Gasteiger partial charge in [-0.05, 0) is 62.9 Å². The number of nitrogens with zero attached hydrogens (tertiary/aromatic N) is 1. The molecule has 3 heteroatoms. The van der Waals surface area contributed by atoms with Gasteiger partial charge in [-0.15, -0.1) is 0 Å². The molecule has 2 nitrogen and oxygen atoms in total. The lowest BCUT2D eigenvalue weighted by Gasteiger charge is -2.30. The van der Waals surface area contributed by atoms with E-state index in [0.717, 1.165) is 24.4 Å². The minimum Gasteiger partial charge on any atom is -0.324 e. The van der Waals surface area contributed by atoms with Crippen molar-refractivity contribution in [1.82, 2.24) is 4.90 Å². The molecule has 0 aromatic heterocycles. The van der Waals surface area contributed by atoms with E-state index in [0.29, 0.717) is 5.56 Å². The van der Waals surface area contributed by atoms with Gasteiger partial charge in [0.15, 0.2) is 0 Å². The zero-order valence-corrected chi connectivity index (χ0v) is 12.0. The Labute approximate surface area is 115 Å². The van der Waals surface area contributed by atoms with E-state index in [4.69, 9.17) is 5.73 Å². The molecular weight excluding hydrogens is 239 g/mol. The van der Waals surface area contributed by atoms with Crippen molar-refractivity contribution in [1.29, 1.82) is 0 Å². The number of rotatable bonds is 6. The van der Waals surface area contributed by atoms with Crippen LogP contribution in [0.2, 0.25) is 0 Å². The number of hydrogen-bond donors (Lipinski definition) is 1. The van der Waals surface area contributed by atoms with Gasteiger partial charge in [0.05, 0.1) is 0 Å². The summed E-state index contributed by atoms with van der Waals surface area (Å²) in [6.07, 6.45) is 5.02. The molecule has 1 aromatic rings. The van der Waals surface area contributed by atoms with Crippen LogP contribution in [0.3, 0.4) is 0 Å². The van der Waals surface area contributed by atoms with Gasteiger partial charge < -0.3 is 10.6 Å². The fourth-order valence-electron chi connectivity index (χ4n) is 2.57. The number of aryl methyl sites for hydroxylation is 1. The van der Waals surface area contributed by atoms with Crippen molar-refractivity contribution in [3.05, 3.63) is 35.1 Å². The highest BCUT2D eigenvalue weighted by Crippen LogP contribution is 2.27. The van der Waals surface area contributed by atoms with Crippen molar-refractivity contribution in [3.8, 4) is 0 Å². The maximum Gasteiger partial charge on any atom is 0.126 e. The first-order chi connectivity index (χ1) is 9.06. The van der Waals surface area contributed by atoms with Gasteiger partial charge in [0.25, 0.3) is 0 Å². The van der Waals surface area contributed by atoms with Crippen molar-refractivity contribution in [3.63, 3.8) is 0 Å². The monoisotopic (exact) mass is 264 g/mol.